The second kappa shape index (κ2) is 8.88. The molecule has 1 aliphatic heterocycles. The molecule has 33 heavy (non-hydrogen) atoms. The van der Waals surface area contributed by atoms with Crippen LogP contribution in [-0.4, -0.2) is 64.3 Å². The molecule has 1 aliphatic rings. The Balaban J connectivity index is 1.45. The number of hydrogen-bond donors (Lipinski definition) is 1. The molecule has 0 atom stereocenters. The quantitative estimate of drug-likeness (QED) is 0.586. The standard InChI is InChI=1S/C22H30N6O4S/c1-22(2,3)28-15-16(14-23-28)24-21(29)8-7-20-25-18-13-17(5-6-19(18)26(20)4)33(30,31)27-9-11-32-12-10-27/h5-6,13-15H,7-12H2,1-4H3,(H,24,29). The summed E-state index contributed by atoms with van der Waals surface area (Å²) in [7, 11) is -1.73. The molecular formula is C22H30N6O4S. The van der Waals surface area contributed by atoms with E-state index in [1.165, 1.54) is 4.31 Å². The number of nitrogens with one attached hydrogen (secondary N) is 1. The van der Waals surface area contributed by atoms with Gasteiger partial charge in [0.2, 0.25) is 15.9 Å². The van der Waals surface area contributed by atoms with Crippen molar-refractivity contribution >= 4 is 32.7 Å². The van der Waals surface area contributed by atoms with Crippen LogP contribution in [0.25, 0.3) is 11.0 Å². The molecule has 1 aromatic carbocycles. The Morgan fingerprint density at radius 3 is 2.61 bits per heavy atom. The number of aryl methyl sites for hydroxylation is 2. The van der Waals surface area contributed by atoms with Crippen LogP contribution in [0.3, 0.4) is 0 Å². The van der Waals surface area contributed by atoms with Gasteiger partial charge in [0, 0.05) is 39.2 Å². The average molecular weight is 475 g/mol. The van der Waals surface area contributed by atoms with Crippen molar-refractivity contribution in [1.82, 2.24) is 23.6 Å². The van der Waals surface area contributed by atoms with Crippen LogP contribution in [0.1, 0.15) is 33.0 Å². The molecule has 178 valence electrons. The van der Waals surface area contributed by atoms with E-state index in [4.69, 9.17) is 4.74 Å². The van der Waals surface area contributed by atoms with Gasteiger partial charge >= 0.3 is 0 Å². The van der Waals surface area contributed by atoms with Crippen LogP contribution in [0.5, 0.6) is 0 Å². The molecule has 0 saturated carbocycles. The number of carbonyl (C=O) groups is 1. The summed E-state index contributed by atoms with van der Waals surface area (Å²) in [4.78, 5) is 17.3. The fourth-order valence-electron chi connectivity index (χ4n) is 3.75. The minimum Gasteiger partial charge on any atom is -0.379 e. The molecule has 0 unspecified atom stereocenters. The van der Waals surface area contributed by atoms with Crippen LogP contribution >= 0.6 is 0 Å². The number of morpholine rings is 1. The van der Waals surface area contributed by atoms with Gasteiger partial charge in [0.1, 0.15) is 5.82 Å². The summed E-state index contributed by atoms with van der Waals surface area (Å²) >= 11 is 0. The maximum Gasteiger partial charge on any atom is 0.243 e. The van der Waals surface area contributed by atoms with E-state index < -0.39 is 10.0 Å². The summed E-state index contributed by atoms with van der Waals surface area (Å²) in [6.45, 7) is 7.59. The van der Waals surface area contributed by atoms with Crippen LogP contribution < -0.4 is 5.32 Å². The van der Waals surface area contributed by atoms with Gasteiger partial charge in [-0.3, -0.25) is 9.48 Å². The van der Waals surface area contributed by atoms with E-state index in [0.29, 0.717) is 49.8 Å². The van der Waals surface area contributed by atoms with Crippen LogP contribution in [0.15, 0.2) is 35.5 Å². The number of sulfonamides is 1. The number of nitrogens with zero attached hydrogens (tertiary/aromatic N) is 5. The zero-order valence-electron chi connectivity index (χ0n) is 19.4. The number of anilines is 1. The Bertz CT molecular complexity index is 1270. The number of carbonyl (C=O) groups excluding carboxylic acids is 1. The summed E-state index contributed by atoms with van der Waals surface area (Å²) in [5, 5.41) is 7.16. The predicted octanol–water partition coefficient (Wildman–Crippen LogP) is 2.12. The van der Waals surface area contributed by atoms with E-state index in [1.807, 2.05) is 38.6 Å². The average Bonchev–Trinajstić information content (AvgIpc) is 3.37. The van der Waals surface area contributed by atoms with E-state index >= 15 is 0 Å². The van der Waals surface area contributed by atoms with Crippen molar-refractivity contribution in [1.29, 1.82) is 0 Å². The number of aromatic nitrogens is 4. The van der Waals surface area contributed by atoms with Gasteiger partial charge in [-0.05, 0) is 39.0 Å². The van der Waals surface area contributed by atoms with Crippen molar-refractivity contribution in [2.45, 2.75) is 44.0 Å². The molecule has 1 saturated heterocycles. The molecule has 1 fully saturated rings. The van der Waals surface area contributed by atoms with Gasteiger partial charge in [-0.25, -0.2) is 13.4 Å². The monoisotopic (exact) mass is 474 g/mol. The molecule has 0 bridgehead atoms. The predicted molar refractivity (Wildman–Crippen MR) is 124 cm³/mol. The van der Waals surface area contributed by atoms with Crippen molar-refractivity contribution < 1.29 is 17.9 Å². The molecule has 3 heterocycles. The number of ether oxygens (including phenoxy) is 1. The van der Waals surface area contributed by atoms with E-state index in [9.17, 15) is 13.2 Å². The van der Waals surface area contributed by atoms with Gasteiger partial charge in [0.15, 0.2) is 0 Å². The molecule has 1 amide bonds. The van der Waals surface area contributed by atoms with Crippen molar-refractivity contribution in [3.8, 4) is 0 Å². The minimum absolute atomic E-state index is 0.133. The topological polar surface area (TPSA) is 111 Å². The molecule has 10 nitrogen and oxygen atoms in total. The van der Waals surface area contributed by atoms with Crippen LogP contribution in [0.2, 0.25) is 0 Å². The second-order valence-electron chi connectivity index (χ2n) is 9.15. The maximum atomic E-state index is 13.0. The third-order valence-electron chi connectivity index (χ3n) is 5.68. The highest BCUT2D eigenvalue weighted by Crippen LogP contribution is 2.23. The fraction of sp³-hybridized carbons (Fsp3) is 0.500. The van der Waals surface area contributed by atoms with Crippen molar-refractivity contribution in [3.05, 3.63) is 36.4 Å². The van der Waals surface area contributed by atoms with E-state index in [1.54, 1.807) is 29.1 Å². The first-order chi connectivity index (χ1) is 15.6. The van der Waals surface area contributed by atoms with Gasteiger partial charge in [0.05, 0.1) is 46.6 Å². The third-order valence-corrected chi connectivity index (χ3v) is 7.58. The van der Waals surface area contributed by atoms with Gasteiger partial charge in [-0.2, -0.15) is 9.40 Å². The summed E-state index contributed by atoms with van der Waals surface area (Å²) in [5.74, 6) is 0.581. The number of amides is 1. The minimum atomic E-state index is -3.59. The highest BCUT2D eigenvalue weighted by molar-refractivity contribution is 7.89. The van der Waals surface area contributed by atoms with Crippen molar-refractivity contribution in [3.63, 3.8) is 0 Å². The molecule has 4 rings (SSSR count). The zero-order chi connectivity index (χ0) is 23.8. The Morgan fingerprint density at radius 1 is 1.21 bits per heavy atom. The van der Waals surface area contributed by atoms with Gasteiger partial charge < -0.3 is 14.6 Å². The molecule has 3 aromatic rings. The number of hydrogen-bond acceptors (Lipinski definition) is 6. The van der Waals surface area contributed by atoms with Crippen LogP contribution in [0, 0.1) is 0 Å². The van der Waals surface area contributed by atoms with Crippen LogP contribution in [0.4, 0.5) is 5.69 Å². The Kier molecular flexibility index (Phi) is 6.30. The lowest BCUT2D eigenvalue weighted by atomic mass is 10.1. The summed E-state index contributed by atoms with van der Waals surface area (Å²) in [6.07, 6.45) is 4.12. The highest BCUT2D eigenvalue weighted by Gasteiger charge is 2.27. The number of imidazole rings is 1. The number of rotatable bonds is 6. The summed E-state index contributed by atoms with van der Waals surface area (Å²) in [5.41, 5.74) is 1.90. The van der Waals surface area contributed by atoms with E-state index in [0.717, 1.165) is 5.52 Å². The van der Waals surface area contributed by atoms with Crippen molar-refractivity contribution in [2.75, 3.05) is 31.6 Å². The number of fused-ring (bicyclic) bond motifs is 1. The molecule has 2 aromatic heterocycles. The Morgan fingerprint density at radius 2 is 1.94 bits per heavy atom. The highest BCUT2D eigenvalue weighted by atomic mass is 32.2. The van der Waals surface area contributed by atoms with Crippen LogP contribution in [-0.2, 0) is 38.6 Å². The SMILES string of the molecule is Cn1c(CCC(=O)Nc2cnn(C(C)(C)C)c2)nc2cc(S(=O)(=O)N3CCOCC3)ccc21. The van der Waals surface area contributed by atoms with E-state index in [2.05, 4.69) is 15.4 Å². The largest absolute Gasteiger partial charge is 0.379 e. The van der Waals surface area contributed by atoms with Gasteiger partial charge in [0.25, 0.3) is 0 Å². The lowest BCUT2D eigenvalue weighted by Gasteiger charge is -2.26. The first kappa shape index (κ1) is 23.4. The van der Waals surface area contributed by atoms with Gasteiger partial charge in [-0.15, -0.1) is 0 Å². The molecule has 11 heteroatoms. The summed E-state index contributed by atoms with van der Waals surface area (Å²) < 4.78 is 36.3. The molecular weight excluding hydrogens is 444 g/mol. The zero-order valence-corrected chi connectivity index (χ0v) is 20.2. The smallest absolute Gasteiger partial charge is 0.243 e. The van der Waals surface area contributed by atoms with Crippen molar-refractivity contribution in [2.24, 2.45) is 7.05 Å². The summed E-state index contributed by atoms with van der Waals surface area (Å²) in [6, 6.07) is 4.98. The second-order valence-corrected chi connectivity index (χ2v) is 11.1. The van der Waals surface area contributed by atoms with E-state index in [-0.39, 0.29) is 22.8 Å². The normalized spacial score (nSPS) is 15.8. The van der Waals surface area contributed by atoms with Gasteiger partial charge in [-0.1, -0.05) is 0 Å². The lowest BCUT2D eigenvalue weighted by Crippen LogP contribution is -2.40. The molecule has 1 N–H and O–H groups in total. The molecule has 0 aliphatic carbocycles. The number of benzene rings is 1. The molecule has 0 radical (unpaired) electrons. The third kappa shape index (κ3) is 4.94. The first-order valence-electron chi connectivity index (χ1n) is 10.9. The fourth-order valence-corrected chi connectivity index (χ4v) is 5.18. The lowest BCUT2D eigenvalue weighted by molar-refractivity contribution is -0.116. The molecule has 0 spiro atoms. The Labute approximate surface area is 193 Å². The first-order valence-corrected chi connectivity index (χ1v) is 12.4. The maximum absolute atomic E-state index is 13.0. The Hall–Kier alpha value is -2.76.